The van der Waals surface area contributed by atoms with Crippen LogP contribution in [0.4, 0.5) is 0 Å². The fraction of sp³-hybridized carbons (Fsp3) is 0.562. The highest BCUT2D eigenvalue weighted by Crippen LogP contribution is 2.32. The van der Waals surface area contributed by atoms with Crippen LogP contribution in [0.2, 0.25) is 0 Å². The molecule has 1 aromatic rings. The molecule has 0 aliphatic rings. The molecule has 1 rings (SSSR count). The molecule has 0 fully saturated rings. The summed E-state index contributed by atoms with van der Waals surface area (Å²) in [4.78, 5) is 0. The van der Waals surface area contributed by atoms with Crippen LogP contribution in [-0.2, 0) is 6.54 Å². The van der Waals surface area contributed by atoms with E-state index in [0.29, 0.717) is 30.4 Å². The van der Waals surface area contributed by atoms with Crippen molar-refractivity contribution in [3.05, 3.63) is 23.8 Å². The number of nitriles is 1. The zero-order valence-corrected chi connectivity index (χ0v) is 12.8. The lowest BCUT2D eigenvalue weighted by molar-refractivity contribution is 0.236. The van der Waals surface area contributed by atoms with Crippen molar-refractivity contribution in [3.63, 3.8) is 0 Å². The van der Waals surface area contributed by atoms with Gasteiger partial charge in [0.2, 0.25) is 0 Å². The topological polar surface area (TPSA) is 54.3 Å². The molecule has 4 nitrogen and oxygen atoms in total. The minimum absolute atomic E-state index is 0.449. The summed E-state index contributed by atoms with van der Waals surface area (Å²) < 4.78 is 11.1. The molecule has 0 saturated heterocycles. The second-order valence-electron chi connectivity index (χ2n) is 5.12. The Morgan fingerprint density at radius 1 is 1.35 bits per heavy atom. The highest BCUT2D eigenvalue weighted by Gasteiger charge is 2.15. The predicted octanol–water partition coefficient (Wildman–Crippen LogP) is 3.12. The van der Waals surface area contributed by atoms with Crippen molar-refractivity contribution in [2.45, 2.75) is 39.8 Å². The number of para-hydroxylation sites is 1. The number of rotatable bonds is 8. The van der Waals surface area contributed by atoms with Crippen molar-refractivity contribution in [2.75, 3.05) is 13.7 Å². The summed E-state index contributed by atoms with van der Waals surface area (Å²) in [5.74, 6) is 1.93. The maximum absolute atomic E-state index is 9.06. The first-order valence-electron chi connectivity index (χ1n) is 7.05. The zero-order valence-electron chi connectivity index (χ0n) is 12.8. The number of hydrogen-bond acceptors (Lipinski definition) is 4. The van der Waals surface area contributed by atoms with E-state index < -0.39 is 6.10 Å². The zero-order chi connectivity index (χ0) is 15.0. The monoisotopic (exact) mass is 276 g/mol. The van der Waals surface area contributed by atoms with E-state index >= 15 is 0 Å². The Morgan fingerprint density at radius 3 is 2.65 bits per heavy atom. The maximum atomic E-state index is 9.06. The molecular weight excluding hydrogens is 252 g/mol. The lowest BCUT2D eigenvalue weighted by Crippen LogP contribution is -2.21. The highest BCUT2D eigenvalue weighted by molar-refractivity contribution is 5.47. The van der Waals surface area contributed by atoms with Crippen molar-refractivity contribution in [1.29, 1.82) is 5.26 Å². The number of nitrogens with one attached hydrogen (secondary N) is 1. The van der Waals surface area contributed by atoms with Crippen molar-refractivity contribution in [1.82, 2.24) is 5.32 Å². The Labute approximate surface area is 121 Å². The van der Waals surface area contributed by atoms with E-state index in [-0.39, 0.29) is 0 Å². The first kappa shape index (κ1) is 16.3. The summed E-state index contributed by atoms with van der Waals surface area (Å²) in [5, 5.41) is 12.4. The van der Waals surface area contributed by atoms with Gasteiger partial charge in [-0.25, -0.2) is 0 Å². The smallest absolute Gasteiger partial charge is 0.184 e. The SMILES string of the molecule is CCC(C#N)Oc1c(CNCC(C)C)cccc1OC. The highest BCUT2D eigenvalue weighted by atomic mass is 16.5. The molecule has 0 spiro atoms. The van der Waals surface area contributed by atoms with E-state index in [2.05, 4.69) is 25.2 Å². The summed E-state index contributed by atoms with van der Waals surface area (Å²) in [7, 11) is 1.61. The number of ether oxygens (including phenoxy) is 2. The number of methoxy groups -OCH3 is 1. The molecule has 0 aromatic heterocycles. The fourth-order valence-electron chi connectivity index (χ4n) is 1.83. The van der Waals surface area contributed by atoms with E-state index in [9.17, 15) is 0 Å². The largest absolute Gasteiger partial charge is 0.493 e. The molecule has 0 aliphatic heterocycles. The number of nitrogens with zero attached hydrogens (tertiary/aromatic N) is 1. The Hall–Kier alpha value is -1.73. The van der Waals surface area contributed by atoms with Crippen LogP contribution in [0, 0.1) is 17.2 Å². The van der Waals surface area contributed by atoms with Gasteiger partial charge < -0.3 is 14.8 Å². The summed E-state index contributed by atoms with van der Waals surface area (Å²) >= 11 is 0. The van der Waals surface area contributed by atoms with Gasteiger partial charge >= 0.3 is 0 Å². The molecule has 110 valence electrons. The van der Waals surface area contributed by atoms with Crippen molar-refractivity contribution < 1.29 is 9.47 Å². The Morgan fingerprint density at radius 2 is 2.10 bits per heavy atom. The van der Waals surface area contributed by atoms with Crippen LogP contribution in [0.1, 0.15) is 32.8 Å². The Bertz CT molecular complexity index is 452. The molecule has 1 unspecified atom stereocenters. The molecule has 1 N–H and O–H groups in total. The van der Waals surface area contributed by atoms with Crippen molar-refractivity contribution in [2.24, 2.45) is 5.92 Å². The Kier molecular flexibility index (Phi) is 6.89. The summed E-state index contributed by atoms with van der Waals surface area (Å²) in [5.41, 5.74) is 1.01. The minimum atomic E-state index is -0.449. The second-order valence-corrected chi connectivity index (χ2v) is 5.12. The van der Waals surface area contributed by atoms with Gasteiger partial charge in [-0.05, 0) is 24.9 Å². The van der Waals surface area contributed by atoms with Crippen LogP contribution >= 0.6 is 0 Å². The summed E-state index contributed by atoms with van der Waals surface area (Å²) in [6.45, 7) is 7.90. The third-order valence-electron chi connectivity index (χ3n) is 2.92. The van der Waals surface area contributed by atoms with E-state index in [0.717, 1.165) is 12.1 Å². The quantitative estimate of drug-likeness (QED) is 0.792. The molecule has 1 atom stereocenters. The summed E-state index contributed by atoms with van der Waals surface area (Å²) in [6.07, 6.45) is 0.197. The van der Waals surface area contributed by atoms with Gasteiger partial charge in [0, 0.05) is 12.1 Å². The first-order chi connectivity index (χ1) is 9.62. The van der Waals surface area contributed by atoms with Gasteiger partial charge in [-0.15, -0.1) is 0 Å². The third-order valence-corrected chi connectivity index (χ3v) is 2.92. The van der Waals surface area contributed by atoms with Crippen LogP contribution in [0.25, 0.3) is 0 Å². The first-order valence-corrected chi connectivity index (χ1v) is 7.05. The van der Waals surface area contributed by atoms with Crippen LogP contribution in [0.5, 0.6) is 11.5 Å². The normalized spacial score (nSPS) is 12.0. The molecule has 0 heterocycles. The van der Waals surface area contributed by atoms with Gasteiger partial charge in [0.1, 0.15) is 6.07 Å². The lowest BCUT2D eigenvalue weighted by Gasteiger charge is -2.18. The molecular formula is C16H24N2O2. The second kappa shape index (κ2) is 8.44. The van der Waals surface area contributed by atoms with Crippen LogP contribution < -0.4 is 14.8 Å². The molecule has 4 heteroatoms. The van der Waals surface area contributed by atoms with Crippen molar-refractivity contribution >= 4 is 0 Å². The van der Waals surface area contributed by atoms with Gasteiger partial charge in [0.15, 0.2) is 17.6 Å². The molecule has 20 heavy (non-hydrogen) atoms. The number of hydrogen-bond donors (Lipinski definition) is 1. The Balaban J connectivity index is 2.89. The third kappa shape index (κ3) is 4.75. The van der Waals surface area contributed by atoms with Crippen LogP contribution in [0.3, 0.4) is 0 Å². The molecule has 0 radical (unpaired) electrons. The number of benzene rings is 1. The lowest BCUT2D eigenvalue weighted by atomic mass is 10.1. The standard InChI is InChI=1S/C16H24N2O2/c1-5-14(9-17)20-16-13(11-18-10-12(2)3)7-6-8-15(16)19-4/h6-8,12,14,18H,5,10-11H2,1-4H3. The van der Waals surface area contributed by atoms with E-state index in [4.69, 9.17) is 14.7 Å². The van der Waals surface area contributed by atoms with Gasteiger partial charge in [0.25, 0.3) is 0 Å². The van der Waals surface area contributed by atoms with Crippen LogP contribution in [0.15, 0.2) is 18.2 Å². The average molecular weight is 276 g/mol. The van der Waals surface area contributed by atoms with Gasteiger partial charge in [0.05, 0.1) is 7.11 Å². The summed E-state index contributed by atoms with van der Waals surface area (Å²) in [6, 6.07) is 7.94. The van der Waals surface area contributed by atoms with E-state index in [1.54, 1.807) is 7.11 Å². The predicted molar refractivity (Wildman–Crippen MR) is 79.9 cm³/mol. The molecule has 0 saturated carbocycles. The van der Waals surface area contributed by atoms with Crippen LogP contribution in [-0.4, -0.2) is 19.8 Å². The van der Waals surface area contributed by atoms with Gasteiger partial charge in [-0.2, -0.15) is 5.26 Å². The molecule has 0 bridgehead atoms. The van der Waals surface area contributed by atoms with E-state index in [1.165, 1.54) is 0 Å². The maximum Gasteiger partial charge on any atom is 0.184 e. The van der Waals surface area contributed by atoms with Gasteiger partial charge in [-0.3, -0.25) is 0 Å². The molecule has 0 aliphatic carbocycles. The van der Waals surface area contributed by atoms with E-state index in [1.807, 2.05) is 25.1 Å². The minimum Gasteiger partial charge on any atom is -0.493 e. The van der Waals surface area contributed by atoms with Gasteiger partial charge in [-0.1, -0.05) is 32.9 Å². The molecule has 1 aromatic carbocycles. The molecule has 0 amide bonds. The van der Waals surface area contributed by atoms with Crippen molar-refractivity contribution in [3.8, 4) is 17.6 Å². The fourth-order valence-corrected chi connectivity index (χ4v) is 1.83. The average Bonchev–Trinajstić information content (AvgIpc) is 2.45.